The first-order valence-electron chi connectivity index (χ1n) is 9.92. The molecule has 1 aromatic heterocycles. The average Bonchev–Trinajstić information content (AvgIpc) is 3.20. The van der Waals surface area contributed by atoms with E-state index in [1.54, 1.807) is 36.4 Å². The van der Waals surface area contributed by atoms with Crippen molar-refractivity contribution in [3.8, 4) is 11.4 Å². The number of anilines is 2. The average molecular weight is 423 g/mol. The number of benzene rings is 2. The molecule has 1 aliphatic heterocycles. The zero-order chi connectivity index (χ0) is 22.0. The summed E-state index contributed by atoms with van der Waals surface area (Å²) in [7, 11) is 0. The van der Waals surface area contributed by atoms with Gasteiger partial charge in [0.05, 0.1) is 4.92 Å². The standard InChI is InChI=1S/C21H21N5O5/c1-13-7-9-25(10-8-13)17-6-5-15(12-18(17)26(29)30)20(27)22-16-4-2-3-14(11-16)19-23-21(28)31-24-19/h2-6,11-13H,7-10H2,1H3,(H,22,27)(H,23,24,28). The zero-order valence-corrected chi connectivity index (χ0v) is 16.8. The van der Waals surface area contributed by atoms with Crippen LogP contribution in [0.3, 0.4) is 0 Å². The molecule has 2 N–H and O–H groups in total. The quantitative estimate of drug-likeness (QED) is 0.474. The van der Waals surface area contributed by atoms with E-state index in [4.69, 9.17) is 0 Å². The third-order valence-corrected chi connectivity index (χ3v) is 5.39. The topological polar surface area (TPSA) is 134 Å². The molecule has 10 heteroatoms. The van der Waals surface area contributed by atoms with Crippen molar-refractivity contribution < 1.29 is 14.2 Å². The molecule has 1 saturated heterocycles. The number of nitrogens with one attached hydrogen (secondary N) is 2. The van der Waals surface area contributed by atoms with Gasteiger partial charge < -0.3 is 10.2 Å². The van der Waals surface area contributed by atoms with E-state index in [-0.39, 0.29) is 17.1 Å². The van der Waals surface area contributed by atoms with Crippen molar-refractivity contribution in [2.24, 2.45) is 5.92 Å². The third kappa shape index (κ3) is 4.47. The molecule has 3 aromatic rings. The largest absolute Gasteiger partial charge is 0.439 e. The van der Waals surface area contributed by atoms with Gasteiger partial charge in [0.2, 0.25) is 0 Å². The lowest BCUT2D eigenvalue weighted by molar-refractivity contribution is -0.384. The van der Waals surface area contributed by atoms with Crippen molar-refractivity contribution in [3.05, 3.63) is 68.7 Å². The van der Waals surface area contributed by atoms with Gasteiger partial charge in [0.1, 0.15) is 5.69 Å². The molecule has 0 saturated carbocycles. The van der Waals surface area contributed by atoms with Crippen LogP contribution in [0.5, 0.6) is 0 Å². The number of rotatable bonds is 5. The van der Waals surface area contributed by atoms with Crippen LogP contribution in [-0.2, 0) is 0 Å². The zero-order valence-electron chi connectivity index (χ0n) is 16.8. The molecule has 1 fully saturated rings. The van der Waals surface area contributed by atoms with Crippen LogP contribution in [0.2, 0.25) is 0 Å². The number of hydrogen-bond acceptors (Lipinski definition) is 7. The summed E-state index contributed by atoms with van der Waals surface area (Å²) in [5.74, 6) is -0.323. The van der Waals surface area contributed by atoms with Crippen molar-refractivity contribution in [2.75, 3.05) is 23.3 Å². The van der Waals surface area contributed by atoms with Gasteiger partial charge in [-0.2, -0.15) is 0 Å². The lowest BCUT2D eigenvalue weighted by Crippen LogP contribution is -2.33. The summed E-state index contributed by atoms with van der Waals surface area (Å²) in [6, 6.07) is 11.2. The summed E-state index contributed by atoms with van der Waals surface area (Å²) in [6.07, 6.45) is 1.96. The molecule has 2 aromatic carbocycles. The van der Waals surface area contributed by atoms with E-state index in [0.29, 0.717) is 22.9 Å². The number of amides is 1. The Balaban J connectivity index is 1.55. The van der Waals surface area contributed by atoms with Crippen LogP contribution in [0, 0.1) is 16.0 Å². The molecule has 31 heavy (non-hydrogen) atoms. The van der Waals surface area contributed by atoms with Gasteiger partial charge in [-0.1, -0.05) is 24.2 Å². The van der Waals surface area contributed by atoms with Crippen molar-refractivity contribution >= 4 is 23.0 Å². The van der Waals surface area contributed by atoms with Crippen molar-refractivity contribution in [3.63, 3.8) is 0 Å². The summed E-state index contributed by atoms with van der Waals surface area (Å²) in [5.41, 5.74) is 1.62. The first kappa shape index (κ1) is 20.3. The van der Waals surface area contributed by atoms with Crippen LogP contribution in [-0.4, -0.2) is 34.1 Å². The summed E-state index contributed by atoms with van der Waals surface area (Å²) in [4.78, 5) is 39.5. The summed E-state index contributed by atoms with van der Waals surface area (Å²) in [6.45, 7) is 3.68. The highest BCUT2D eigenvalue weighted by atomic mass is 16.6. The van der Waals surface area contributed by atoms with Crippen LogP contribution >= 0.6 is 0 Å². The molecule has 0 radical (unpaired) electrons. The highest BCUT2D eigenvalue weighted by Gasteiger charge is 2.25. The molecule has 0 unspecified atom stereocenters. The summed E-state index contributed by atoms with van der Waals surface area (Å²) >= 11 is 0. The number of aromatic nitrogens is 2. The highest BCUT2D eigenvalue weighted by Crippen LogP contribution is 2.32. The predicted molar refractivity (Wildman–Crippen MR) is 114 cm³/mol. The van der Waals surface area contributed by atoms with Gasteiger partial charge in [0.15, 0.2) is 5.82 Å². The summed E-state index contributed by atoms with van der Waals surface area (Å²) < 4.78 is 4.50. The molecular formula is C21H21N5O5. The molecule has 10 nitrogen and oxygen atoms in total. The molecule has 0 bridgehead atoms. The number of nitro benzene ring substituents is 1. The Morgan fingerprint density at radius 1 is 1.26 bits per heavy atom. The van der Waals surface area contributed by atoms with Crippen molar-refractivity contribution in [1.82, 2.24) is 10.1 Å². The SMILES string of the molecule is CC1CCN(c2ccc(C(=O)Nc3cccc(-c4noc(=O)[nH]4)c3)cc2[N+](=O)[O-])CC1. The van der Waals surface area contributed by atoms with Gasteiger partial charge in [-0.05, 0) is 43.0 Å². The molecule has 4 rings (SSSR count). The van der Waals surface area contributed by atoms with Gasteiger partial charge in [-0.25, -0.2) is 4.79 Å². The third-order valence-electron chi connectivity index (χ3n) is 5.39. The Bertz CT molecular complexity index is 1180. The first-order valence-corrected chi connectivity index (χ1v) is 9.92. The number of nitrogens with zero attached hydrogens (tertiary/aromatic N) is 3. The Morgan fingerprint density at radius 2 is 2.03 bits per heavy atom. The molecule has 1 aliphatic rings. The number of aromatic amines is 1. The van der Waals surface area contributed by atoms with Gasteiger partial charge in [-0.15, -0.1) is 0 Å². The predicted octanol–water partition coefficient (Wildman–Crippen LogP) is 3.43. The molecule has 0 atom stereocenters. The van der Waals surface area contributed by atoms with E-state index >= 15 is 0 Å². The van der Waals surface area contributed by atoms with E-state index in [9.17, 15) is 19.7 Å². The van der Waals surface area contributed by atoms with Crippen molar-refractivity contribution in [1.29, 1.82) is 0 Å². The number of carbonyl (C=O) groups is 1. The minimum Gasteiger partial charge on any atom is -0.366 e. The van der Waals surface area contributed by atoms with Crippen molar-refractivity contribution in [2.45, 2.75) is 19.8 Å². The fourth-order valence-electron chi connectivity index (χ4n) is 3.63. The Kier molecular flexibility index (Phi) is 5.52. The maximum atomic E-state index is 12.7. The molecule has 0 spiro atoms. The smallest absolute Gasteiger partial charge is 0.366 e. The number of H-pyrrole nitrogens is 1. The van der Waals surface area contributed by atoms with E-state index in [1.165, 1.54) is 6.07 Å². The Labute approximate surface area is 177 Å². The second-order valence-electron chi connectivity index (χ2n) is 7.61. The normalized spacial score (nSPS) is 14.4. The maximum absolute atomic E-state index is 12.7. The lowest BCUT2D eigenvalue weighted by atomic mass is 9.98. The van der Waals surface area contributed by atoms with E-state index < -0.39 is 16.6 Å². The Hall–Kier alpha value is -3.95. The van der Waals surface area contributed by atoms with Gasteiger partial charge in [0.25, 0.3) is 11.6 Å². The number of nitro groups is 1. The van der Waals surface area contributed by atoms with E-state index in [0.717, 1.165) is 25.9 Å². The number of carbonyl (C=O) groups excluding carboxylic acids is 1. The van der Waals surface area contributed by atoms with Crippen LogP contribution in [0.15, 0.2) is 51.8 Å². The second kappa shape index (κ2) is 8.42. The van der Waals surface area contributed by atoms with Crippen LogP contribution in [0.1, 0.15) is 30.1 Å². The molecule has 1 amide bonds. The number of hydrogen-bond donors (Lipinski definition) is 2. The van der Waals surface area contributed by atoms with Crippen LogP contribution in [0.4, 0.5) is 17.1 Å². The van der Waals surface area contributed by atoms with Gasteiger partial charge in [-0.3, -0.25) is 24.4 Å². The van der Waals surface area contributed by atoms with Gasteiger partial charge in [0, 0.05) is 36.0 Å². The minimum absolute atomic E-state index is 0.0869. The fourth-order valence-corrected chi connectivity index (χ4v) is 3.63. The monoisotopic (exact) mass is 423 g/mol. The minimum atomic E-state index is -0.681. The van der Waals surface area contributed by atoms with Crippen LogP contribution in [0.25, 0.3) is 11.4 Å². The first-order chi connectivity index (χ1) is 14.9. The lowest BCUT2D eigenvalue weighted by Gasteiger charge is -2.31. The highest BCUT2D eigenvalue weighted by molar-refractivity contribution is 6.05. The molecular weight excluding hydrogens is 402 g/mol. The van der Waals surface area contributed by atoms with E-state index in [1.807, 2.05) is 4.90 Å². The molecule has 0 aliphatic carbocycles. The second-order valence-corrected chi connectivity index (χ2v) is 7.61. The van der Waals surface area contributed by atoms with E-state index in [2.05, 4.69) is 26.9 Å². The number of piperidine rings is 1. The van der Waals surface area contributed by atoms with Gasteiger partial charge >= 0.3 is 5.76 Å². The fraction of sp³-hybridized carbons (Fsp3) is 0.286. The maximum Gasteiger partial charge on any atom is 0.439 e. The summed E-state index contributed by atoms with van der Waals surface area (Å²) in [5, 5.41) is 18.0. The Morgan fingerprint density at radius 3 is 2.71 bits per heavy atom. The molecule has 2 heterocycles. The molecule has 160 valence electrons. The van der Waals surface area contributed by atoms with Crippen LogP contribution < -0.4 is 16.0 Å².